The van der Waals surface area contributed by atoms with E-state index in [1.165, 1.54) is 18.2 Å². The number of alkyl halides is 3. The van der Waals surface area contributed by atoms with Gasteiger partial charge in [0.05, 0.1) is 12.1 Å². The van der Waals surface area contributed by atoms with Crippen LogP contribution in [0.25, 0.3) is 11.1 Å². The van der Waals surface area contributed by atoms with Crippen LogP contribution >= 0.6 is 0 Å². The molecule has 0 aromatic heterocycles. The molecule has 0 saturated heterocycles. The van der Waals surface area contributed by atoms with Crippen molar-refractivity contribution in [3.63, 3.8) is 0 Å². The zero-order valence-corrected chi connectivity index (χ0v) is 11.2. The van der Waals surface area contributed by atoms with Crippen molar-refractivity contribution in [3.05, 3.63) is 47.8 Å². The fraction of sp³-hybridized carbons (Fsp3) is 0.200. The van der Waals surface area contributed by atoms with E-state index >= 15 is 0 Å². The Morgan fingerprint density at radius 2 is 1.77 bits per heavy atom. The first-order valence-corrected chi connectivity index (χ1v) is 6.43. The monoisotopic (exact) mass is 313 g/mol. The zero-order chi connectivity index (χ0) is 15.9. The van der Waals surface area contributed by atoms with Crippen LogP contribution in [-0.2, 0) is 6.18 Å². The van der Waals surface area contributed by atoms with E-state index in [9.17, 15) is 17.6 Å². The summed E-state index contributed by atoms with van der Waals surface area (Å²) in [6.07, 6.45) is -5.41. The summed E-state index contributed by atoms with van der Waals surface area (Å²) in [6.45, 7) is -0.00332. The molecule has 1 aliphatic heterocycles. The van der Waals surface area contributed by atoms with Crippen LogP contribution in [0.15, 0.2) is 36.4 Å². The molecule has 0 bridgehead atoms. The Kier molecular flexibility index (Phi) is 3.44. The van der Waals surface area contributed by atoms with Crippen molar-refractivity contribution in [2.75, 3.05) is 6.54 Å². The Balaban J connectivity index is 2.20. The van der Waals surface area contributed by atoms with Crippen LogP contribution in [0.1, 0.15) is 5.56 Å². The molecule has 1 heterocycles. The molecular formula is C15H11F4NO2. The molecule has 7 heteroatoms. The second kappa shape index (κ2) is 5.17. The molecule has 3 nitrogen and oxygen atoms in total. The highest BCUT2D eigenvalue weighted by molar-refractivity contribution is 5.77. The van der Waals surface area contributed by atoms with Gasteiger partial charge in [-0.2, -0.15) is 13.2 Å². The van der Waals surface area contributed by atoms with Gasteiger partial charge in [0.2, 0.25) is 0 Å². The lowest BCUT2D eigenvalue weighted by Gasteiger charge is -2.14. The van der Waals surface area contributed by atoms with Crippen LogP contribution in [0.4, 0.5) is 17.6 Å². The molecular weight excluding hydrogens is 302 g/mol. The average Bonchev–Trinajstić information content (AvgIpc) is 2.88. The minimum Gasteiger partial charge on any atom is -0.449 e. The summed E-state index contributed by atoms with van der Waals surface area (Å²) >= 11 is 0. The number of benzene rings is 2. The Hall–Kier alpha value is -2.28. The number of hydrogen-bond donors (Lipinski definition) is 1. The quantitative estimate of drug-likeness (QED) is 0.862. The summed E-state index contributed by atoms with van der Waals surface area (Å²) in [5.41, 5.74) is 4.35. The van der Waals surface area contributed by atoms with Gasteiger partial charge < -0.3 is 15.2 Å². The van der Waals surface area contributed by atoms with E-state index in [1.54, 1.807) is 0 Å². The second-order valence-electron chi connectivity index (χ2n) is 4.72. The van der Waals surface area contributed by atoms with Gasteiger partial charge in [0.1, 0.15) is 5.82 Å². The molecule has 2 aromatic carbocycles. The molecule has 0 fully saturated rings. The van der Waals surface area contributed by atoms with Gasteiger partial charge in [-0.3, -0.25) is 0 Å². The molecule has 22 heavy (non-hydrogen) atoms. The summed E-state index contributed by atoms with van der Waals surface area (Å²) in [7, 11) is 0. The molecule has 1 aliphatic rings. The van der Waals surface area contributed by atoms with Crippen molar-refractivity contribution >= 4 is 0 Å². The number of hydrogen-bond acceptors (Lipinski definition) is 3. The maximum Gasteiger partial charge on any atom is 0.417 e. The van der Waals surface area contributed by atoms with Gasteiger partial charge in [0.25, 0.3) is 6.29 Å². The minimum atomic E-state index is -4.57. The van der Waals surface area contributed by atoms with Gasteiger partial charge in [0, 0.05) is 11.6 Å². The Bertz CT molecular complexity index is 715. The molecule has 2 N–H and O–H groups in total. The molecule has 116 valence electrons. The van der Waals surface area contributed by atoms with Crippen LogP contribution in [0.5, 0.6) is 11.5 Å². The first-order chi connectivity index (χ1) is 10.4. The van der Waals surface area contributed by atoms with E-state index in [2.05, 4.69) is 0 Å². The van der Waals surface area contributed by atoms with Gasteiger partial charge in [-0.05, 0) is 17.7 Å². The van der Waals surface area contributed by atoms with Crippen molar-refractivity contribution in [3.8, 4) is 22.6 Å². The Morgan fingerprint density at radius 1 is 1.05 bits per heavy atom. The third kappa shape index (κ3) is 2.48. The molecule has 0 aliphatic carbocycles. The molecule has 0 amide bonds. The second-order valence-corrected chi connectivity index (χ2v) is 4.72. The van der Waals surface area contributed by atoms with Crippen molar-refractivity contribution in [2.45, 2.75) is 12.5 Å². The summed E-state index contributed by atoms with van der Waals surface area (Å²) in [6, 6.07) is 6.96. The smallest absolute Gasteiger partial charge is 0.417 e. The standard InChI is InChI=1S/C15H11F4NO2/c16-8-5-10(14-12(6-8)21-13(7-20)22-14)9-3-1-2-4-11(9)15(17,18)19/h1-6,13H,7,20H2. The summed E-state index contributed by atoms with van der Waals surface area (Å²) in [5.74, 6) is -0.608. The van der Waals surface area contributed by atoms with Crippen LogP contribution in [-0.4, -0.2) is 12.8 Å². The van der Waals surface area contributed by atoms with Crippen molar-refractivity contribution < 1.29 is 27.0 Å². The average molecular weight is 313 g/mol. The van der Waals surface area contributed by atoms with Crippen LogP contribution < -0.4 is 15.2 Å². The fourth-order valence-electron chi connectivity index (χ4n) is 2.34. The topological polar surface area (TPSA) is 44.5 Å². The lowest BCUT2D eigenvalue weighted by Crippen LogP contribution is -2.28. The number of nitrogens with two attached hydrogens (primary N) is 1. The maximum absolute atomic E-state index is 13.7. The van der Waals surface area contributed by atoms with Crippen LogP contribution in [0.3, 0.4) is 0 Å². The minimum absolute atomic E-state index is 0.00332. The predicted octanol–water partition coefficient (Wildman–Crippen LogP) is 3.57. The highest BCUT2D eigenvalue weighted by Crippen LogP contribution is 2.47. The van der Waals surface area contributed by atoms with Crippen molar-refractivity contribution in [1.82, 2.24) is 0 Å². The van der Waals surface area contributed by atoms with E-state index in [1.807, 2.05) is 0 Å². The molecule has 2 aromatic rings. The van der Waals surface area contributed by atoms with E-state index in [-0.39, 0.29) is 29.2 Å². The lowest BCUT2D eigenvalue weighted by molar-refractivity contribution is -0.137. The predicted molar refractivity (Wildman–Crippen MR) is 70.9 cm³/mol. The first kappa shape index (κ1) is 14.6. The van der Waals surface area contributed by atoms with E-state index < -0.39 is 23.8 Å². The largest absolute Gasteiger partial charge is 0.449 e. The molecule has 0 saturated carbocycles. The summed E-state index contributed by atoms with van der Waals surface area (Å²) in [4.78, 5) is 0. The van der Waals surface area contributed by atoms with Crippen LogP contribution in [0, 0.1) is 5.82 Å². The van der Waals surface area contributed by atoms with E-state index in [4.69, 9.17) is 15.2 Å². The number of halogens is 4. The third-order valence-corrected chi connectivity index (χ3v) is 3.24. The summed E-state index contributed by atoms with van der Waals surface area (Å²) in [5, 5.41) is 0. The summed E-state index contributed by atoms with van der Waals surface area (Å²) < 4.78 is 63.8. The maximum atomic E-state index is 13.7. The number of ether oxygens (including phenoxy) is 2. The Labute approximate surface area is 123 Å². The van der Waals surface area contributed by atoms with Gasteiger partial charge in [-0.25, -0.2) is 4.39 Å². The van der Waals surface area contributed by atoms with Gasteiger partial charge >= 0.3 is 6.18 Å². The Morgan fingerprint density at radius 3 is 2.45 bits per heavy atom. The molecule has 3 rings (SSSR count). The van der Waals surface area contributed by atoms with E-state index in [0.29, 0.717) is 0 Å². The normalized spacial score (nSPS) is 16.9. The van der Waals surface area contributed by atoms with Gasteiger partial charge in [0.15, 0.2) is 11.5 Å². The first-order valence-electron chi connectivity index (χ1n) is 6.43. The lowest BCUT2D eigenvalue weighted by atomic mass is 9.98. The van der Waals surface area contributed by atoms with E-state index in [0.717, 1.165) is 18.2 Å². The zero-order valence-electron chi connectivity index (χ0n) is 11.2. The third-order valence-electron chi connectivity index (χ3n) is 3.24. The number of fused-ring (bicyclic) bond motifs is 1. The van der Waals surface area contributed by atoms with Crippen molar-refractivity contribution in [1.29, 1.82) is 0 Å². The fourth-order valence-corrected chi connectivity index (χ4v) is 2.34. The molecule has 0 radical (unpaired) electrons. The highest BCUT2D eigenvalue weighted by atomic mass is 19.4. The van der Waals surface area contributed by atoms with Crippen LogP contribution in [0.2, 0.25) is 0 Å². The van der Waals surface area contributed by atoms with Crippen molar-refractivity contribution in [2.24, 2.45) is 5.73 Å². The van der Waals surface area contributed by atoms with Gasteiger partial charge in [-0.1, -0.05) is 18.2 Å². The molecule has 0 spiro atoms. The highest BCUT2D eigenvalue weighted by Gasteiger charge is 2.36. The molecule has 1 unspecified atom stereocenters. The number of rotatable bonds is 2. The SMILES string of the molecule is NCC1Oc2cc(F)cc(-c3ccccc3C(F)(F)F)c2O1. The molecule has 1 atom stereocenters. The van der Waals surface area contributed by atoms with Gasteiger partial charge in [-0.15, -0.1) is 0 Å².